The fourth-order valence-corrected chi connectivity index (χ4v) is 5.60. The molecular weight excluding hydrogens is 476 g/mol. The molecule has 0 saturated carbocycles. The van der Waals surface area contributed by atoms with E-state index in [2.05, 4.69) is 39.2 Å². The molecule has 0 bridgehead atoms. The van der Waals surface area contributed by atoms with Crippen LogP contribution in [0.15, 0.2) is 30.5 Å². The molecule has 1 saturated heterocycles. The summed E-state index contributed by atoms with van der Waals surface area (Å²) in [5, 5.41) is 9.43. The number of carbonyl (C=O) groups excluding carboxylic acids is 1. The Morgan fingerprint density at radius 3 is 2.92 bits per heavy atom. The van der Waals surface area contributed by atoms with Gasteiger partial charge in [-0.2, -0.15) is 5.10 Å². The number of ether oxygens (including phenoxy) is 2. The summed E-state index contributed by atoms with van der Waals surface area (Å²) in [6, 6.07) is 8.24. The summed E-state index contributed by atoms with van der Waals surface area (Å²) in [7, 11) is 2.12. The fourth-order valence-electron chi connectivity index (χ4n) is 4.50. The maximum Gasteiger partial charge on any atom is 0.305 e. The molecule has 1 N–H and O–H groups in total. The SMILES string of the molecule is CCOC(=O)CCCCCN(C)c1cc2nc(-c3cccc4[nH]ncc34)nc(N3CCOCC3)c2s1. The maximum atomic E-state index is 11.5. The van der Waals surface area contributed by atoms with Crippen molar-refractivity contribution in [2.75, 3.05) is 56.3 Å². The van der Waals surface area contributed by atoms with E-state index in [0.717, 1.165) is 76.4 Å². The predicted molar refractivity (Wildman–Crippen MR) is 144 cm³/mol. The Labute approximate surface area is 214 Å². The summed E-state index contributed by atoms with van der Waals surface area (Å²) in [5.41, 5.74) is 2.90. The highest BCUT2D eigenvalue weighted by Gasteiger charge is 2.21. The Kier molecular flexibility index (Phi) is 7.62. The topological polar surface area (TPSA) is 96.5 Å². The number of unbranched alkanes of at least 4 members (excludes halogenated alkanes) is 2. The number of esters is 1. The van der Waals surface area contributed by atoms with Gasteiger partial charge in [-0.05, 0) is 31.9 Å². The van der Waals surface area contributed by atoms with Crippen LogP contribution < -0.4 is 9.80 Å². The number of hydrogen-bond acceptors (Lipinski definition) is 9. The number of nitrogens with zero attached hydrogens (tertiary/aromatic N) is 5. The number of hydrogen-bond donors (Lipinski definition) is 1. The number of rotatable bonds is 10. The molecule has 0 aliphatic carbocycles. The van der Waals surface area contributed by atoms with Gasteiger partial charge >= 0.3 is 5.97 Å². The number of thiophene rings is 1. The van der Waals surface area contributed by atoms with E-state index in [1.807, 2.05) is 25.3 Å². The molecule has 5 rings (SSSR count). The number of H-pyrrole nitrogens is 1. The number of anilines is 2. The zero-order chi connectivity index (χ0) is 24.9. The number of morpholine rings is 1. The van der Waals surface area contributed by atoms with Crippen molar-refractivity contribution in [3.8, 4) is 11.4 Å². The third-order valence-electron chi connectivity index (χ3n) is 6.43. The molecule has 4 heterocycles. The monoisotopic (exact) mass is 508 g/mol. The quantitative estimate of drug-likeness (QED) is 0.245. The third-order valence-corrected chi connectivity index (χ3v) is 7.67. The van der Waals surface area contributed by atoms with E-state index in [1.165, 1.54) is 0 Å². The molecule has 0 spiro atoms. The minimum atomic E-state index is -0.105. The first-order valence-electron chi connectivity index (χ1n) is 12.6. The third kappa shape index (κ3) is 5.29. The van der Waals surface area contributed by atoms with E-state index in [0.29, 0.717) is 32.1 Å². The van der Waals surface area contributed by atoms with Crippen LogP contribution in [0.3, 0.4) is 0 Å². The highest BCUT2D eigenvalue weighted by Crippen LogP contribution is 2.39. The Balaban J connectivity index is 1.40. The summed E-state index contributed by atoms with van der Waals surface area (Å²) >= 11 is 1.74. The first-order valence-corrected chi connectivity index (χ1v) is 13.4. The molecule has 9 nitrogen and oxygen atoms in total. The van der Waals surface area contributed by atoms with Crippen molar-refractivity contribution >= 4 is 49.2 Å². The zero-order valence-corrected chi connectivity index (χ0v) is 21.6. The first-order chi connectivity index (χ1) is 17.6. The second-order valence-corrected chi connectivity index (χ2v) is 9.97. The highest BCUT2D eigenvalue weighted by atomic mass is 32.1. The number of benzene rings is 1. The lowest BCUT2D eigenvalue weighted by molar-refractivity contribution is -0.143. The van der Waals surface area contributed by atoms with Gasteiger partial charge in [-0.15, -0.1) is 11.3 Å². The lowest BCUT2D eigenvalue weighted by Gasteiger charge is -2.28. The lowest BCUT2D eigenvalue weighted by atomic mass is 10.1. The second kappa shape index (κ2) is 11.2. The summed E-state index contributed by atoms with van der Waals surface area (Å²) in [6.07, 6.45) is 5.19. The molecule has 1 aromatic carbocycles. The van der Waals surface area contributed by atoms with Gasteiger partial charge in [-0.1, -0.05) is 18.6 Å². The summed E-state index contributed by atoms with van der Waals surface area (Å²) in [4.78, 5) is 26.2. The van der Waals surface area contributed by atoms with Gasteiger partial charge in [0.25, 0.3) is 0 Å². The number of fused-ring (bicyclic) bond motifs is 2. The van der Waals surface area contributed by atoms with Gasteiger partial charge in [-0.25, -0.2) is 9.97 Å². The van der Waals surface area contributed by atoms with E-state index >= 15 is 0 Å². The Morgan fingerprint density at radius 1 is 1.22 bits per heavy atom. The minimum Gasteiger partial charge on any atom is -0.466 e. The number of aromatic nitrogens is 4. The molecule has 0 unspecified atom stereocenters. The molecule has 10 heteroatoms. The van der Waals surface area contributed by atoms with Crippen molar-refractivity contribution in [2.45, 2.75) is 32.6 Å². The van der Waals surface area contributed by atoms with Crippen molar-refractivity contribution in [2.24, 2.45) is 0 Å². The largest absolute Gasteiger partial charge is 0.466 e. The molecule has 0 radical (unpaired) electrons. The molecule has 36 heavy (non-hydrogen) atoms. The van der Waals surface area contributed by atoms with Crippen LogP contribution >= 0.6 is 11.3 Å². The van der Waals surface area contributed by atoms with Crippen molar-refractivity contribution in [3.05, 3.63) is 30.5 Å². The number of nitrogens with one attached hydrogen (secondary N) is 1. The van der Waals surface area contributed by atoms with Crippen molar-refractivity contribution in [3.63, 3.8) is 0 Å². The van der Waals surface area contributed by atoms with Gasteiger partial charge in [-0.3, -0.25) is 9.89 Å². The first kappa shape index (κ1) is 24.5. The molecule has 1 aliphatic heterocycles. The Morgan fingerprint density at radius 2 is 2.08 bits per heavy atom. The van der Waals surface area contributed by atoms with Crippen molar-refractivity contribution in [1.29, 1.82) is 0 Å². The normalized spacial score (nSPS) is 14.0. The van der Waals surface area contributed by atoms with Gasteiger partial charge in [0.2, 0.25) is 0 Å². The van der Waals surface area contributed by atoms with Crippen LogP contribution in [0.25, 0.3) is 32.5 Å². The average Bonchev–Trinajstić information content (AvgIpc) is 3.55. The summed E-state index contributed by atoms with van der Waals surface area (Å²) < 4.78 is 11.7. The van der Waals surface area contributed by atoms with E-state index in [1.54, 1.807) is 11.3 Å². The summed E-state index contributed by atoms with van der Waals surface area (Å²) in [6.45, 7) is 6.21. The molecular formula is C26H32N6O3S. The van der Waals surface area contributed by atoms with Crippen molar-refractivity contribution in [1.82, 2.24) is 20.2 Å². The van der Waals surface area contributed by atoms with E-state index in [4.69, 9.17) is 19.4 Å². The van der Waals surface area contributed by atoms with Crippen LogP contribution in [-0.2, 0) is 14.3 Å². The standard InChI is InChI=1S/C26H32N6O3S/c1-3-35-23(33)10-5-4-6-11-31(2)22-16-21-24(36-22)26(32-12-14-34-15-13-32)29-25(28-21)18-8-7-9-20-19(18)17-27-30-20/h7-9,16-17H,3-6,10-15H2,1-2H3,(H,27,30). The lowest BCUT2D eigenvalue weighted by Crippen LogP contribution is -2.36. The molecule has 4 aromatic rings. The average molecular weight is 509 g/mol. The van der Waals surface area contributed by atoms with Crippen LogP contribution in [0.5, 0.6) is 0 Å². The molecule has 1 fully saturated rings. The van der Waals surface area contributed by atoms with Gasteiger partial charge in [0, 0.05) is 44.1 Å². The van der Waals surface area contributed by atoms with Gasteiger partial charge in [0.05, 0.1) is 46.8 Å². The minimum absolute atomic E-state index is 0.105. The molecule has 190 valence electrons. The van der Waals surface area contributed by atoms with Crippen LogP contribution in [0, 0.1) is 0 Å². The highest BCUT2D eigenvalue weighted by molar-refractivity contribution is 7.23. The van der Waals surface area contributed by atoms with Crippen LogP contribution in [-0.4, -0.2) is 72.6 Å². The molecule has 3 aromatic heterocycles. The van der Waals surface area contributed by atoms with Crippen LogP contribution in [0.2, 0.25) is 0 Å². The Bertz CT molecular complexity index is 1330. The molecule has 0 amide bonds. The predicted octanol–water partition coefficient (Wildman–Crippen LogP) is 4.63. The molecule has 0 atom stereocenters. The number of aromatic amines is 1. The maximum absolute atomic E-state index is 11.5. The Hall–Kier alpha value is -3.24. The molecule has 1 aliphatic rings. The van der Waals surface area contributed by atoms with Crippen LogP contribution in [0.1, 0.15) is 32.6 Å². The van der Waals surface area contributed by atoms with Crippen LogP contribution in [0.4, 0.5) is 10.8 Å². The zero-order valence-electron chi connectivity index (χ0n) is 20.8. The van der Waals surface area contributed by atoms with Gasteiger partial charge in [0.1, 0.15) is 0 Å². The smallest absolute Gasteiger partial charge is 0.305 e. The van der Waals surface area contributed by atoms with E-state index in [9.17, 15) is 4.79 Å². The summed E-state index contributed by atoms with van der Waals surface area (Å²) in [5.74, 6) is 1.58. The fraction of sp³-hybridized carbons (Fsp3) is 0.462. The van der Waals surface area contributed by atoms with Gasteiger partial charge in [0.15, 0.2) is 11.6 Å². The van der Waals surface area contributed by atoms with Crippen molar-refractivity contribution < 1.29 is 14.3 Å². The second-order valence-electron chi connectivity index (χ2n) is 8.94. The van der Waals surface area contributed by atoms with Gasteiger partial charge < -0.3 is 19.3 Å². The van der Waals surface area contributed by atoms with E-state index in [-0.39, 0.29) is 5.97 Å². The number of carbonyl (C=O) groups is 1. The van der Waals surface area contributed by atoms with E-state index < -0.39 is 0 Å².